The standard InChI is InChI=1S/C16H21ClO/c1-4-6-13(2)12-18-16-9-8-15(7-5-10-17)11-14(16)3/h8-9,11,13H,4,6,10,12H2,1-3H3. The first-order valence-electron chi connectivity index (χ1n) is 6.45. The summed E-state index contributed by atoms with van der Waals surface area (Å²) in [5.74, 6) is 7.78. The highest BCUT2D eigenvalue weighted by molar-refractivity contribution is 6.19. The Morgan fingerprint density at radius 3 is 2.78 bits per heavy atom. The number of benzene rings is 1. The van der Waals surface area contributed by atoms with Gasteiger partial charge in [0.25, 0.3) is 0 Å². The summed E-state index contributed by atoms with van der Waals surface area (Å²) in [4.78, 5) is 0. The van der Waals surface area contributed by atoms with Crippen LogP contribution in [0.3, 0.4) is 0 Å². The van der Waals surface area contributed by atoms with E-state index in [9.17, 15) is 0 Å². The van der Waals surface area contributed by atoms with Crippen LogP contribution in [0.15, 0.2) is 18.2 Å². The van der Waals surface area contributed by atoms with Gasteiger partial charge in [0, 0.05) is 5.56 Å². The van der Waals surface area contributed by atoms with Crippen molar-refractivity contribution in [2.45, 2.75) is 33.6 Å². The van der Waals surface area contributed by atoms with Gasteiger partial charge in [-0.15, -0.1) is 11.6 Å². The second-order valence-electron chi connectivity index (χ2n) is 4.62. The molecule has 1 aromatic carbocycles. The second-order valence-corrected chi connectivity index (χ2v) is 4.89. The van der Waals surface area contributed by atoms with Gasteiger partial charge in [-0.25, -0.2) is 0 Å². The van der Waals surface area contributed by atoms with Crippen molar-refractivity contribution in [2.24, 2.45) is 5.92 Å². The first kappa shape index (κ1) is 14.9. The first-order chi connectivity index (χ1) is 8.67. The van der Waals surface area contributed by atoms with E-state index in [2.05, 4.69) is 25.7 Å². The molecule has 1 nitrogen and oxygen atoms in total. The lowest BCUT2D eigenvalue weighted by atomic mass is 10.1. The lowest BCUT2D eigenvalue weighted by Crippen LogP contribution is -2.08. The van der Waals surface area contributed by atoms with Crippen molar-refractivity contribution in [3.05, 3.63) is 29.3 Å². The monoisotopic (exact) mass is 264 g/mol. The minimum absolute atomic E-state index is 0.367. The predicted molar refractivity (Wildman–Crippen MR) is 78.3 cm³/mol. The number of hydrogen-bond acceptors (Lipinski definition) is 1. The zero-order valence-corrected chi connectivity index (χ0v) is 12.2. The van der Waals surface area contributed by atoms with Gasteiger partial charge in [0.1, 0.15) is 5.75 Å². The minimum atomic E-state index is 0.367. The maximum absolute atomic E-state index is 5.84. The van der Waals surface area contributed by atoms with E-state index in [-0.39, 0.29) is 0 Å². The van der Waals surface area contributed by atoms with Crippen LogP contribution in [0.25, 0.3) is 0 Å². The molecule has 1 unspecified atom stereocenters. The van der Waals surface area contributed by atoms with Crippen LogP contribution >= 0.6 is 11.6 Å². The van der Waals surface area contributed by atoms with Crippen LogP contribution in [0, 0.1) is 24.7 Å². The lowest BCUT2D eigenvalue weighted by Gasteiger charge is -2.13. The minimum Gasteiger partial charge on any atom is -0.493 e. The van der Waals surface area contributed by atoms with Crippen LogP contribution < -0.4 is 4.74 Å². The molecule has 0 saturated heterocycles. The summed E-state index contributed by atoms with van der Waals surface area (Å²) < 4.78 is 5.84. The SMILES string of the molecule is CCCC(C)COc1ccc(C#CCCl)cc1C. The Balaban J connectivity index is 2.62. The van der Waals surface area contributed by atoms with E-state index in [4.69, 9.17) is 16.3 Å². The fourth-order valence-electron chi connectivity index (χ4n) is 1.83. The fourth-order valence-corrected chi connectivity index (χ4v) is 1.90. The Labute approximate surface area is 115 Å². The Morgan fingerprint density at radius 1 is 1.39 bits per heavy atom. The highest BCUT2D eigenvalue weighted by Gasteiger charge is 2.04. The van der Waals surface area contributed by atoms with Crippen molar-refractivity contribution in [1.29, 1.82) is 0 Å². The molecule has 98 valence electrons. The molecule has 1 atom stereocenters. The molecule has 0 spiro atoms. The molecule has 0 aromatic heterocycles. The molecule has 0 aliphatic carbocycles. The van der Waals surface area contributed by atoms with Crippen molar-refractivity contribution in [3.63, 3.8) is 0 Å². The molecule has 0 amide bonds. The van der Waals surface area contributed by atoms with Crippen molar-refractivity contribution < 1.29 is 4.74 Å². The lowest BCUT2D eigenvalue weighted by molar-refractivity contribution is 0.250. The van der Waals surface area contributed by atoms with Crippen LogP contribution in [0.4, 0.5) is 0 Å². The quantitative estimate of drug-likeness (QED) is 0.566. The summed E-state index contributed by atoms with van der Waals surface area (Å²) in [6, 6.07) is 6.01. The van der Waals surface area contributed by atoms with Gasteiger partial charge in [-0.1, -0.05) is 32.1 Å². The third kappa shape index (κ3) is 5.02. The van der Waals surface area contributed by atoms with Crippen molar-refractivity contribution in [1.82, 2.24) is 0 Å². The third-order valence-electron chi connectivity index (χ3n) is 2.78. The average Bonchev–Trinajstić information content (AvgIpc) is 2.35. The summed E-state index contributed by atoms with van der Waals surface area (Å²) in [7, 11) is 0. The summed E-state index contributed by atoms with van der Waals surface area (Å²) in [5, 5.41) is 0. The van der Waals surface area contributed by atoms with Crippen molar-refractivity contribution in [2.75, 3.05) is 12.5 Å². The molecule has 0 bridgehead atoms. The van der Waals surface area contributed by atoms with Crippen LogP contribution in [-0.2, 0) is 0 Å². The maximum atomic E-state index is 5.84. The van der Waals surface area contributed by atoms with E-state index in [1.807, 2.05) is 25.1 Å². The molecular formula is C16H21ClO. The zero-order chi connectivity index (χ0) is 13.4. The Bertz CT molecular complexity index is 428. The molecule has 2 heteroatoms. The normalized spacial score (nSPS) is 11.6. The first-order valence-corrected chi connectivity index (χ1v) is 6.99. The topological polar surface area (TPSA) is 9.23 Å². The van der Waals surface area contributed by atoms with Gasteiger partial charge in [0.15, 0.2) is 0 Å². The van der Waals surface area contributed by atoms with E-state index < -0.39 is 0 Å². The molecule has 0 fully saturated rings. The smallest absolute Gasteiger partial charge is 0.122 e. The maximum Gasteiger partial charge on any atom is 0.122 e. The van der Waals surface area contributed by atoms with Gasteiger partial charge in [-0.2, -0.15) is 0 Å². The zero-order valence-electron chi connectivity index (χ0n) is 11.4. The van der Waals surface area contributed by atoms with Gasteiger partial charge in [-0.3, -0.25) is 0 Å². The molecule has 0 aliphatic heterocycles. The molecule has 0 saturated carbocycles. The van der Waals surface area contributed by atoms with Crippen molar-refractivity contribution in [3.8, 4) is 17.6 Å². The van der Waals surface area contributed by atoms with E-state index in [1.165, 1.54) is 12.8 Å². The number of halogens is 1. The molecule has 0 aliphatic rings. The molecule has 1 rings (SSSR count). The summed E-state index contributed by atoms with van der Waals surface area (Å²) in [6.07, 6.45) is 2.41. The van der Waals surface area contributed by atoms with Gasteiger partial charge in [0.2, 0.25) is 0 Å². The molecule has 0 radical (unpaired) electrons. The molecule has 18 heavy (non-hydrogen) atoms. The van der Waals surface area contributed by atoms with E-state index >= 15 is 0 Å². The number of rotatable bonds is 5. The number of hydrogen-bond donors (Lipinski definition) is 0. The summed E-state index contributed by atoms with van der Waals surface area (Å²) in [6.45, 7) is 7.25. The van der Waals surface area contributed by atoms with Crippen LogP contribution in [0.5, 0.6) is 5.75 Å². The predicted octanol–water partition coefficient (Wildman–Crippen LogP) is 4.40. The van der Waals surface area contributed by atoms with Crippen LogP contribution in [0.2, 0.25) is 0 Å². The Morgan fingerprint density at radius 2 is 2.17 bits per heavy atom. The van der Waals surface area contributed by atoms with E-state index in [0.29, 0.717) is 11.8 Å². The fraction of sp³-hybridized carbons (Fsp3) is 0.500. The third-order valence-corrected chi connectivity index (χ3v) is 2.91. The second kappa shape index (κ2) is 8.06. The van der Waals surface area contributed by atoms with E-state index in [1.54, 1.807) is 0 Å². The largest absolute Gasteiger partial charge is 0.493 e. The molecule has 0 N–H and O–H groups in total. The average molecular weight is 265 g/mol. The van der Waals surface area contributed by atoms with Gasteiger partial charge < -0.3 is 4.74 Å². The molecule has 0 heterocycles. The summed E-state index contributed by atoms with van der Waals surface area (Å²) >= 11 is 5.54. The molecule has 1 aromatic rings. The number of ether oxygens (including phenoxy) is 1. The summed E-state index contributed by atoms with van der Waals surface area (Å²) in [5.41, 5.74) is 2.11. The van der Waals surface area contributed by atoms with E-state index in [0.717, 1.165) is 23.5 Å². The van der Waals surface area contributed by atoms with Gasteiger partial charge in [-0.05, 0) is 43.0 Å². The highest BCUT2D eigenvalue weighted by Crippen LogP contribution is 2.20. The van der Waals surface area contributed by atoms with Gasteiger partial charge in [0.05, 0.1) is 12.5 Å². The Kier molecular flexibility index (Phi) is 6.68. The van der Waals surface area contributed by atoms with Crippen LogP contribution in [0.1, 0.15) is 37.8 Å². The van der Waals surface area contributed by atoms with Gasteiger partial charge >= 0.3 is 0 Å². The number of alkyl halides is 1. The number of aryl methyl sites for hydroxylation is 1. The molecular weight excluding hydrogens is 244 g/mol. The van der Waals surface area contributed by atoms with Crippen molar-refractivity contribution >= 4 is 11.6 Å². The highest BCUT2D eigenvalue weighted by atomic mass is 35.5. The van der Waals surface area contributed by atoms with Crippen LogP contribution in [-0.4, -0.2) is 12.5 Å². The Hall–Kier alpha value is -1.13.